The van der Waals surface area contributed by atoms with Crippen LogP contribution in [0.5, 0.6) is 0 Å². The fourth-order valence-electron chi connectivity index (χ4n) is 12.0. The Bertz CT molecular complexity index is 4800. The summed E-state index contributed by atoms with van der Waals surface area (Å²) < 4.78 is 224. The van der Waals surface area contributed by atoms with Crippen molar-refractivity contribution in [2.45, 2.75) is 60.6 Å². The molecule has 42 heteroatoms. The quantitative estimate of drug-likeness (QED) is 0.0139. The van der Waals surface area contributed by atoms with Crippen LogP contribution in [-0.4, -0.2) is 203 Å². The van der Waals surface area contributed by atoms with Crippen molar-refractivity contribution in [2.24, 2.45) is 0 Å². The van der Waals surface area contributed by atoms with E-state index in [-0.39, 0.29) is 78.4 Å². The number of hydrogen-bond donors (Lipinski definition) is 7. The third-order valence-electron chi connectivity index (χ3n) is 19.0. The van der Waals surface area contributed by atoms with Crippen molar-refractivity contribution in [1.29, 1.82) is 0 Å². The van der Waals surface area contributed by atoms with Gasteiger partial charge in [-0.25, -0.2) is 0 Å². The van der Waals surface area contributed by atoms with Gasteiger partial charge in [0.2, 0.25) is 0 Å². The minimum absolute atomic E-state index is 0.0315. The highest BCUT2D eigenvalue weighted by molar-refractivity contribution is 9.09. The van der Waals surface area contributed by atoms with Crippen LogP contribution in [0.4, 0.5) is 96.1 Å². The number of nitrogens with one attached hydrogen (secondary N) is 2. The van der Waals surface area contributed by atoms with E-state index in [4.69, 9.17) is 114 Å². The molecule has 9 aromatic carbocycles. The largest absolute Gasteiger partial charge is 0.416 e. The summed E-state index contributed by atoms with van der Waals surface area (Å²) in [6, 6.07) is 43.6. The number of ketones is 2. The first-order chi connectivity index (χ1) is 61.2. The number of piperazine rings is 2. The summed E-state index contributed by atoms with van der Waals surface area (Å²) in [5, 5.41) is 44.3. The number of rotatable bonds is 23. The van der Waals surface area contributed by atoms with Crippen molar-refractivity contribution in [3.8, 4) is 0 Å². The minimum atomic E-state index is -4.39. The fraction of sp³-hybridized carbons (Fsp3) is 0.371. The zero-order valence-corrected chi connectivity index (χ0v) is 78.3. The summed E-state index contributed by atoms with van der Waals surface area (Å²) >= 11 is 50.4. The number of anilines is 3. The van der Waals surface area contributed by atoms with E-state index in [2.05, 4.69) is 41.3 Å². The van der Waals surface area contributed by atoms with Gasteiger partial charge in [0.15, 0.2) is 11.6 Å². The monoisotopic (exact) mass is 2090 g/mol. The highest BCUT2D eigenvalue weighted by Crippen LogP contribution is 2.41. The maximum atomic E-state index is 12.8. The zero-order valence-electron chi connectivity index (χ0n) is 70.7. The van der Waals surface area contributed by atoms with Gasteiger partial charge in [0, 0.05) is 111 Å². The molecule has 0 saturated carbocycles. The molecule has 9 aromatic rings. The molecule has 0 amide bonds. The lowest BCUT2D eigenvalue weighted by Crippen LogP contribution is -2.47. The van der Waals surface area contributed by atoms with Crippen LogP contribution in [0.25, 0.3) is 0 Å². The van der Waals surface area contributed by atoms with Crippen LogP contribution in [0, 0.1) is 0 Å². The molecule has 0 bridgehead atoms. The van der Waals surface area contributed by atoms with Crippen molar-refractivity contribution in [2.75, 3.05) is 167 Å². The first-order valence-corrected chi connectivity index (χ1v) is 43.7. The topological polar surface area (TPSA) is 185 Å². The van der Waals surface area contributed by atoms with Gasteiger partial charge in [-0.1, -0.05) is 158 Å². The van der Waals surface area contributed by atoms with Gasteiger partial charge in [-0.05, 0) is 185 Å². The van der Waals surface area contributed by atoms with Crippen molar-refractivity contribution in [1.82, 2.24) is 30.2 Å². The minimum Gasteiger partial charge on any atom is -0.398 e. The van der Waals surface area contributed by atoms with E-state index < -0.39 is 76.5 Å². The van der Waals surface area contributed by atoms with Crippen LogP contribution in [0.3, 0.4) is 0 Å². The summed E-state index contributed by atoms with van der Waals surface area (Å²) in [5.74, 6) is -0.0222. The second-order valence-corrected chi connectivity index (χ2v) is 33.1. The Labute approximate surface area is 795 Å². The van der Waals surface area contributed by atoms with Gasteiger partial charge >= 0.3 is 37.1 Å². The maximum Gasteiger partial charge on any atom is 0.416 e. The van der Waals surface area contributed by atoms with E-state index in [9.17, 15) is 93.7 Å². The summed E-state index contributed by atoms with van der Waals surface area (Å²) in [6.07, 6.45) is -27.0. The molecule has 2 aliphatic heterocycles. The van der Waals surface area contributed by atoms with Crippen LogP contribution in [-0.2, 0) is 37.1 Å². The lowest BCUT2D eigenvalue weighted by molar-refractivity contribution is -0.138. The zero-order chi connectivity index (χ0) is 98.5. The number of aliphatic hydroxyl groups excluding tert-OH is 4. The predicted octanol–water partition coefficient (Wildman–Crippen LogP) is 23.4. The van der Waals surface area contributed by atoms with Crippen molar-refractivity contribution < 1.29 is 109 Å². The molecule has 2 aliphatic rings. The predicted molar refractivity (Wildman–Crippen MR) is 487 cm³/mol. The molecule has 722 valence electrons. The SMILES string of the molecule is CN(CCCl)CC(Cl)c1ccc(C(F)(F)F)cc1.CN(CCO)CC(=O)c1ccc(C(F)(F)F)cc1.CN(CCO)CC(O)c1ccc(C(F)(F)F)cc1.CN1CCN(c2ccc(Cl)cc2Cl)C(c2ccc(C(F)(F)F)cc2)C1.CNCCO.FC(F)(F)c1ccc(C2CNCCN2c2ccc(Cl)cc2Cl)cc1.Nc1ccc(Cl)cc1Cl.O=C(CBr)c1ccc(C(F)(F)F)cc1. The number of carbonyl (C=O) groups excluding carboxylic acids is 2. The van der Waals surface area contributed by atoms with E-state index in [1.54, 1.807) is 85.5 Å². The van der Waals surface area contributed by atoms with Crippen LogP contribution >= 0.6 is 109 Å². The fourth-order valence-corrected chi connectivity index (χ4v) is 14.5. The number of hydrogen-bond acceptors (Lipinski definition) is 15. The van der Waals surface area contributed by atoms with Crippen LogP contribution in [0.15, 0.2) is 200 Å². The maximum absolute atomic E-state index is 12.8. The van der Waals surface area contributed by atoms with Gasteiger partial charge in [0.25, 0.3) is 0 Å². The van der Waals surface area contributed by atoms with Crippen LogP contribution < -0.4 is 26.2 Å². The van der Waals surface area contributed by atoms with Crippen LogP contribution in [0.2, 0.25) is 30.1 Å². The van der Waals surface area contributed by atoms with Crippen molar-refractivity contribution in [3.63, 3.8) is 0 Å². The molecule has 0 aromatic heterocycles. The van der Waals surface area contributed by atoms with E-state index in [0.717, 1.165) is 127 Å². The number of halogens is 27. The molecule has 11 rings (SSSR count). The Kier molecular flexibility index (Phi) is 49.5. The molecule has 2 saturated heterocycles. The number of aliphatic hydroxyl groups is 4. The smallest absolute Gasteiger partial charge is 0.398 e. The first kappa shape index (κ1) is 116. The number of likely N-dealkylation sites (N-methyl/N-ethyl adjacent to an activating group) is 5. The van der Waals surface area contributed by atoms with Gasteiger partial charge < -0.3 is 61.3 Å². The third-order valence-corrected chi connectivity index (χ3v) is 21.8. The van der Waals surface area contributed by atoms with E-state index >= 15 is 0 Å². The Morgan fingerprint density at radius 2 is 0.832 bits per heavy atom. The average molecular weight is 2090 g/mol. The molecule has 8 N–H and O–H groups in total. The average Bonchev–Trinajstić information content (AvgIpc) is 0.795. The summed E-state index contributed by atoms with van der Waals surface area (Å²) in [7, 11) is 9.03. The second-order valence-electron chi connectivity index (χ2n) is 29.1. The number of carbonyl (C=O) groups is 2. The number of Topliss-reactive ketones (excluding diaryl/α,β-unsaturated/α-hetero) is 2. The highest BCUT2D eigenvalue weighted by Gasteiger charge is 2.37. The molecule has 0 radical (unpaired) electrons. The number of alkyl halides is 21. The van der Waals surface area contributed by atoms with Crippen LogP contribution in [0.1, 0.15) is 99.9 Å². The summed E-state index contributed by atoms with van der Waals surface area (Å²) in [6.45, 7) is 7.48. The Morgan fingerprint density at radius 1 is 0.473 bits per heavy atom. The third kappa shape index (κ3) is 41.1. The molecule has 131 heavy (non-hydrogen) atoms. The highest BCUT2D eigenvalue weighted by atomic mass is 79.9. The first-order valence-electron chi connectivity index (χ1n) is 39.3. The van der Waals surface area contributed by atoms with Gasteiger partial charge in [0.1, 0.15) is 0 Å². The normalized spacial score (nSPS) is 14.8. The Hall–Kier alpha value is -7.14. The molecular weight excluding hydrogens is 2000 g/mol. The second kappa shape index (κ2) is 55.8. The molecule has 15 nitrogen and oxygen atoms in total. The Morgan fingerprint density at radius 3 is 1.19 bits per heavy atom. The standard InChI is InChI=1S/C18H17Cl2F3N2.C17H15Cl2F3N2.C12H14Cl2F3N.C12H16F3NO2.C12H14F3NO2.C9H6BrF3O.C6H5Cl2N.C3H9NO/c1-24-8-9-25(16-7-6-14(19)10-15(16)20)17(11-24)12-2-4-13(5-3-12)18(21,22)23;18-13-5-6-15(14(19)9-13)24-8-7-23-10-16(24)11-1-3-12(4-2-11)17(20,21)22;1-18(7-6-13)8-11(14)9-2-4-10(5-3-9)12(15,16)17;2*1-16(6-7-17)8-11(18)9-2-4-10(5-3-9)12(13,14)15;10-5-8(14)6-1-3-7(4-2-6)9(11,12)13;7-4-1-2-6(9)5(8)3-4;1-4-2-3-5/h2-7,10,17H,8-9,11H2,1H3;1-6,9,16,23H,7-8,10H2;2-5,11H,6-8H2,1H3;2-5,11,17-18H,6-8H2,1H3;2-5,17H,6-8H2,1H3;1-4H,5H2;1-3H,9H2;4-5H,2-3H2,1H3. The van der Waals surface area contributed by atoms with E-state index in [1.807, 2.05) is 31.1 Å². The lowest BCUT2D eigenvalue weighted by atomic mass is 10.00. The molecule has 4 unspecified atom stereocenters. The van der Waals surface area contributed by atoms with Crippen molar-refractivity contribution >= 4 is 137 Å². The number of nitrogens with two attached hydrogens (primary N) is 1. The van der Waals surface area contributed by atoms with Gasteiger partial charge in [-0.15, -0.1) is 23.2 Å². The molecule has 0 aliphatic carbocycles. The lowest BCUT2D eigenvalue weighted by Gasteiger charge is -2.42. The molecule has 2 heterocycles. The molecule has 0 spiro atoms. The van der Waals surface area contributed by atoms with Gasteiger partial charge in [-0.2, -0.15) is 79.0 Å². The van der Waals surface area contributed by atoms with Gasteiger partial charge in [0.05, 0.1) is 121 Å². The number of nitrogens with zero attached hydrogens (tertiary/aromatic N) is 6. The summed E-state index contributed by atoms with van der Waals surface area (Å²) in [4.78, 5) is 34.3. The van der Waals surface area contributed by atoms with Crippen molar-refractivity contribution in [3.05, 3.63) is 297 Å². The summed E-state index contributed by atoms with van der Waals surface area (Å²) in [5.41, 5.74) is 6.64. The van der Waals surface area contributed by atoms with E-state index in [0.29, 0.717) is 105 Å². The molecule has 2 fully saturated rings. The van der Waals surface area contributed by atoms with E-state index in [1.165, 1.54) is 48.5 Å². The Balaban J connectivity index is 0.000000322. The van der Waals surface area contributed by atoms with Gasteiger partial charge in [-0.3, -0.25) is 14.5 Å². The number of benzene rings is 9. The molecule has 4 atom stereocenters. The molecular formula is C89H96BrCl8F18N9O6. The number of nitrogen functional groups attached to an aromatic ring is 1.